The van der Waals surface area contributed by atoms with Crippen LogP contribution < -0.4 is 5.32 Å². The van der Waals surface area contributed by atoms with E-state index in [9.17, 15) is 9.18 Å². The van der Waals surface area contributed by atoms with E-state index >= 15 is 0 Å². The second-order valence-corrected chi connectivity index (χ2v) is 7.64. The van der Waals surface area contributed by atoms with E-state index in [-0.39, 0.29) is 25.4 Å². The van der Waals surface area contributed by atoms with Crippen molar-refractivity contribution >= 4 is 22.5 Å². The van der Waals surface area contributed by atoms with Crippen molar-refractivity contribution in [2.75, 3.05) is 31.5 Å². The van der Waals surface area contributed by atoms with Crippen LogP contribution in [0.25, 0.3) is 10.8 Å². The first-order chi connectivity index (χ1) is 13.6. The molecule has 2 atom stereocenters. The molecule has 28 heavy (non-hydrogen) atoms. The second-order valence-electron chi connectivity index (χ2n) is 7.64. The van der Waals surface area contributed by atoms with Crippen LogP contribution in [0.15, 0.2) is 36.5 Å². The van der Waals surface area contributed by atoms with Crippen molar-refractivity contribution in [3.8, 4) is 6.07 Å². The van der Waals surface area contributed by atoms with Gasteiger partial charge in [-0.2, -0.15) is 5.26 Å². The molecular weight excluding hydrogens is 357 g/mol. The van der Waals surface area contributed by atoms with Crippen LogP contribution in [0.5, 0.6) is 0 Å². The summed E-state index contributed by atoms with van der Waals surface area (Å²) >= 11 is 0. The average Bonchev–Trinajstić information content (AvgIpc) is 3.10. The summed E-state index contributed by atoms with van der Waals surface area (Å²) < 4.78 is 13.5. The molecule has 0 radical (unpaired) electrons. The van der Waals surface area contributed by atoms with Crippen LogP contribution in [0.1, 0.15) is 19.3 Å². The monoisotopic (exact) mass is 381 g/mol. The van der Waals surface area contributed by atoms with Gasteiger partial charge in [0.05, 0.1) is 19.2 Å². The maximum atomic E-state index is 13.5. The standard InChI is InChI=1S/C21H24FN5O/c22-17-10-19(11-23)27(13-17)21(28)14-26-7-5-18(6-8-26)25-20-9-15-3-1-2-4-16(15)12-24-20/h1-4,9,12,17-19H,5-8,10,13-14H2,(H,24,25)/t17-,19-/m0/s1. The van der Waals surface area contributed by atoms with Crippen LogP contribution in [0.4, 0.5) is 10.2 Å². The Kier molecular flexibility index (Phi) is 5.40. The van der Waals surface area contributed by atoms with Crippen LogP contribution in [-0.2, 0) is 4.79 Å². The Morgan fingerprint density at radius 1 is 1.29 bits per heavy atom. The lowest BCUT2D eigenvalue weighted by molar-refractivity contribution is -0.132. The summed E-state index contributed by atoms with van der Waals surface area (Å²) in [6.45, 7) is 1.89. The molecule has 0 saturated carbocycles. The minimum atomic E-state index is -1.09. The largest absolute Gasteiger partial charge is 0.367 e. The first-order valence-electron chi connectivity index (χ1n) is 9.79. The van der Waals surface area contributed by atoms with Gasteiger partial charge in [0, 0.05) is 37.1 Å². The fraction of sp³-hybridized carbons (Fsp3) is 0.476. The summed E-state index contributed by atoms with van der Waals surface area (Å²) in [5.41, 5.74) is 0. The highest BCUT2D eigenvalue weighted by molar-refractivity contribution is 5.83. The third-order valence-corrected chi connectivity index (χ3v) is 5.65. The van der Waals surface area contributed by atoms with E-state index in [1.165, 1.54) is 4.90 Å². The van der Waals surface area contributed by atoms with Gasteiger partial charge in [0.25, 0.3) is 0 Å². The number of likely N-dealkylation sites (tertiary alicyclic amines) is 2. The van der Waals surface area contributed by atoms with Crippen LogP contribution in [-0.4, -0.2) is 65.1 Å². The number of rotatable bonds is 4. The highest BCUT2D eigenvalue weighted by atomic mass is 19.1. The van der Waals surface area contributed by atoms with Gasteiger partial charge in [0.15, 0.2) is 0 Å². The quantitative estimate of drug-likeness (QED) is 0.881. The minimum absolute atomic E-state index is 0.0444. The number of benzene rings is 1. The number of fused-ring (bicyclic) bond motifs is 1. The predicted octanol–water partition coefficient (Wildman–Crippen LogP) is 2.57. The molecule has 0 aliphatic carbocycles. The van der Waals surface area contributed by atoms with E-state index in [0.717, 1.165) is 42.5 Å². The van der Waals surface area contributed by atoms with Crippen LogP contribution >= 0.6 is 0 Å². The molecule has 2 saturated heterocycles. The van der Waals surface area contributed by atoms with Gasteiger partial charge < -0.3 is 10.2 Å². The van der Waals surface area contributed by atoms with Gasteiger partial charge in [-0.3, -0.25) is 9.69 Å². The number of carbonyl (C=O) groups is 1. The zero-order valence-corrected chi connectivity index (χ0v) is 15.7. The SMILES string of the molecule is N#C[C@@H]1C[C@H](F)CN1C(=O)CN1CCC(Nc2cc3ccccc3cn2)CC1. The van der Waals surface area contributed by atoms with Gasteiger partial charge in [-0.25, -0.2) is 9.37 Å². The van der Waals surface area contributed by atoms with Gasteiger partial charge in [-0.1, -0.05) is 24.3 Å². The number of nitriles is 1. The Morgan fingerprint density at radius 3 is 2.79 bits per heavy atom. The van der Waals surface area contributed by atoms with Crippen molar-refractivity contribution in [3.63, 3.8) is 0 Å². The Hall–Kier alpha value is -2.72. The van der Waals surface area contributed by atoms with Gasteiger partial charge in [-0.15, -0.1) is 0 Å². The average molecular weight is 381 g/mol. The molecule has 0 spiro atoms. The summed E-state index contributed by atoms with van der Waals surface area (Å²) in [7, 11) is 0. The lowest BCUT2D eigenvalue weighted by Crippen LogP contribution is -2.46. The molecule has 1 aromatic heterocycles. The summed E-state index contributed by atoms with van der Waals surface area (Å²) in [4.78, 5) is 20.4. The molecule has 2 aliphatic rings. The van der Waals surface area contributed by atoms with Crippen LogP contribution in [0, 0.1) is 11.3 Å². The molecule has 1 amide bonds. The normalized spacial score (nSPS) is 23.6. The number of hydrogen-bond acceptors (Lipinski definition) is 5. The molecule has 4 rings (SSSR count). The highest BCUT2D eigenvalue weighted by Gasteiger charge is 2.36. The van der Waals surface area contributed by atoms with Crippen molar-refractivity contribution in [2.45, 2.75) is 37.5 Å². The predicted molar refractivity (Wildman–Crippen MR) is 105 cm³/mol. The zero-order valence-electron chi connectivity index (χ0n) is 15.7. The van der Waals surface area contributed by atoms with Crippen molar-refractivity contribution in [2.24, 2.45) is 0 Å². The molecule has 6 nitrogen and oxygen atoms in total. The number of nitrogens with one attached hydrogen (secondary N) is 1. The number of pyridine rings is 1. The Labute approximate surface area is 163 Å². The molecule has 2 aliphatic heterocycles. The molecule has 2 fully saturated rings. The molecule has 2 aromatic rings. The number of nitrogens with zero attached hydrogens (tertiary/aromatic N) is 4. The number of hydrogen-bond donors (Lipinski definition) is 1. The molecule has 0 bridgehead atoms. The van der Waals surface area contributed by atoms with Gasteiger partial charge >= 0.3 is 0 Å². The third kappa shape index (κ3) is 4.07. The lowest BCUT2D eigenvalue weighted by Gasteiger charge is -2.33. The topological polar surface area (TPSA) is 72.3 Å². The van der Waals surface area contributed by atoms with Gasteiger partial charge in [0.2, 0.25) is 5.91 Å². The minimum Gasteiger partial charge on any atom is -0.367 e. The number of halogens is 1. The van der Waals surface area contributed by atoms with E-state index in [2.05, 4.69) is 27.3 Å². The van der Waals surface area contributed by atoms with E-state index < -0.39 is 12.2 Å². The van der Waals surface area contributed by atoms with Gasteiger partial charge in [-0.05, 0) is 24.3 Å². The van der Waals surface area contributed by atoms with Crippen molar-refractivity contribution in [1.82, 2.24) is 14.8 Å². The van der Waals surface area contributed by atoms with Gasteiger partial charge in [0.1, 0.15) is 18.0 Å². The first-order valence-corrected chi connectivity index (χ1v) is 9.79. The van der Waals surface area contributed by atoms with E-state index in [1.54, 1.807) is 0 Å². The van der Waals surface area contributed by atoms with Crippen LogP contribution in [0.2, 0.25) is 0 Å². The fourth-order valence-electron chi connectivity index (χ4n) is 4.07. The van der Waals surface area contributed by atoms with Crippen molar-refractivity contribution in [3.05, 3.63) is 36.5 Å². The summed E-state index contributed by atoms with van der Waals surface area (Å²) in [6, 6.07) is 11.9. The smallest absolute Gasteiger partial charge is 0.237 e. The van der Waals surface area contributed by atoms with Crippen molar-refractivity contribution < 1.29 is 9.18 Å². The Balaban J connectivity index is 1.28. The highest BCUT2D eigenvalue weighted by Crippen LogP contribution is 2.22. The molecule has 1 aromatic carbocycles. The zero-order chi connectivity index (χ0) is 19.5. The summed E-state index contributed by atoms with van der Waals surface area (Å²) in [6.07, 6.45) is 2.75. The van der Waals surface area contributed by atoms with Crippen molar-refractivity contribution in [1.29, 1.82) is 5.26 Å². The number of carbonyl (C=O) groups excluding carboxylic acids is 1. The number of aromatic nitrogens is 1. The molecule has 146 valence electrons. The maximum Gasteiger partial charge on any atom is 0.237 e. The van der Waals surface area contributed by atoms with E-state index in [0.29, 0.717) is 6.04 Å². The molecule has 0 unspecified atom stereocenters. The summed E-state index contributed by atoms with van der Waals surface area (Å²) in [5, 5.41) is 14.9. The molecular formula is C21H24FN5O. The van der Waals surface area contributed by atoms with E-state index in [1.807, 2.05) is 30.5 Å². The first kappa shape index (κ1) is 18.6. The third-order valence-electron chi connectivity index (χ3n) is 5.65. The number of alkyl halides is 1. The Morgan fingerprint density at radius 2 is 2.04 bits per heavy atom. The number of anilines is 1. The lowest BCUT2D eigenvalue weighted by atomic mass is 10.0. The van der Waals surface area contributed by atoms with E-state index in [4.69, 9.17) is 5.26 Å². The summed E-state index contributed by atoms with van der Waals surface area (Å²) in [5.74, 6) is 0.727. The number of piperidine rings is 1. The molecule has 1 N–H and O–H groups in total. The van der Waals surface area contributed by atoms with Crippen LogP contribution in [0.3, 0.4) is 0 Å². The number of amides is 1. The second kappa shape index (κ2) is 8.11. The fourth-order valence-corrected chi connectivity index (χ4v) is 4.07. The molecule has 3 heterocycles. The Bertz CT molecular complexity index is 890. The maximum absolute atomic E-state index is 13.5. The molecule has 7 heteroatoms.